The van der Waals surface area contributed by atoms with Gasteiger partial charge in [0.15, 0.2) is 0 Å². The van der Waals surface area contributed by atoms with E-state index in [2.05, 4.69) is 10.6 Å². The van der Waals surface area contributed by atoms with E-state index in [0.29, 0.717) is 29.4 Å². The number of hydrogen-bond donors (Lipinski definition) is 2. The standard InChI is InChI=1S/C17H16ClN3O2/c18-15-8-2-1-7-14(15)16(22)20-12-5-3-6-13(11-12)21-10-4-9-19-17(21)23/h1-3,5-8,11H,4,9-10H2,(H,19,23)(H,20,22). The molecule has 0 spiro atoms. The molecule has 23 heavy (non-hydrogen) atoms. The molecule has 1 fully saturated rings. The second-order valence-corrected chi connectivity index (χ2v) is 5.63. The molecule has 0 unspecified atom stereocenters. The third-order valence-electron chi connectivity index (χ3n) is 3.61. The fourth-order valence-electron chi connectivity index (χ4n) is 2.47. The molecule has 5 nitrogen and oxygen atoms in total. The summed E-state index contributed by atoms with van der Waals surface area (Å²) >= 11 is 6.04. The van der Waals surface area contributed by atoms with Crippen molar-refractivity contribution >= 4 is 34.9 Å². The summed E-state index contributed by atoms with van der Waals surface area (Å²) < 4.78 is 0. The Labute approximate surface area is 139 Å². The lowest BCUT2D eigenvalue weighted by Crippen LogP contribution is -2.46. The lowest BCUT2D eigenvalue weighted by molar-refractivity contribution is 0.102. The van der Waals surface area contributed by atoms with Gasteiger partial charge >= 0.3 is 6.03 Å². The van der Waals surface area contributed by atoms with Crippen molar-refractivity contribution in [3.8, 4) is 0 Å². The van der Waals surface area contributed by atoms with Gasteiger partial charge in [-0.05, 0) is 36.8 Å². The number of urea groups is 1. The predicted octanol–water partition coefficient (Wildman–Crippen LogP) is 3.51. The Bertz CT molecular complexity index is 748. The Hall–Kier alpha value is -2.53. The molecule has 1 saturated heterocycles. The van der Waals surface area contributed by atoms with Crippen molar-refractivity contribution in [2.75, 3.05) is 23.3 Å². The first-order chi connectivity index (χ1) is 11.1. The monoisotopic (exact) mass is 329 g/mol. The van der Waals surface area contributed by atoms with Gasteiger partial charge in [-0.2, -0.15) is 0 Å². The van der Waals surface area contributed by atoms with Crippen molar-refractivity contribution in [2.24, 2.45) is 0 Å². The van der Waals surface area contributed by atoms with Gasteiger partial charge in [0.05, 0.1) is 10.6 Å². The SMILES string of the molecule is O=C(Nc1cccc(N2CCCNC2=O)c1)c1ccccc1Cl. The van der Waals surface area contributed by atoms with Crippen LogP contribution in [0, 0.1) is 0 Å². The number of benzene rings is 2. The summed E-state index contributed by atoms with van der Waals surface area (Å²) in [5.74, 6) is -0.282. The van der Waals surface area contributed by atoms with Crippen molar-refractivity contribution < 1.29 is 9.59 Å². The van der Waals surface area contributed by atoms with Crippen LogP contribution in [0.15, 0.2) is 48.5 Å². The van der Waals surface area contributed by atoms with E-state index in [9.17, 15) is 9.59 Å². The molecule has 6 heteroatoms. The molecule has 1 heterocycles. The molecule has 0 aliphatic carbocycles. The van der Waals surface area contributed by atoms with E-state index in [1.54, 1.807) is 47.4 Å². The number of halogens is 1. The molecule has 3 amide bonds. The number of nitrogens with zero attached hydrogens (tertiary/aromatic N) is 1. The normalized spacial score (nSPS) is 14.3. The van der Waals surface area contributed by atoms with E-state index in [1.807, 2.05) is 6.07 Å². The van der Waals surface area contributed by atoms with Gasteiger partial charge in [0.1, 0.15) is 0 Å². The van der Waals surface area contributed by atoms with Crippen LogP contribution in [0.5, 0.6) is 0 Å². The molecule has 0 atom stereocenters. The first kappa shape index (κ1) is 15.4. The molecule has 1 aliphatic rings. The van der Waals surface area contributed by atoms with Crippen LogP contribution >= 0.6 is 11.6 Å². The zero-order valence-corrected chi connectivity index (χ0v) is 13.1. The van der Waals surface area contributed by atoms with Crippen LogP contribution in [0.3, 0.4) is 0 Å². The number of nitrogens with one attached hydrogen (secondary N) is 2. The Morgan fingerprint density at radius 3 is 2.78 bits per heavy atom. The van der Waals surface area contributed by atoms with Crippen LogP contribution in [0.4, 0.5) is 16.2 Å². The van der Waals surface area contributed by atoms with Crippen LogP contribution in [-0.4, -0.2) is 25.0 Å². The van der Waals surface area contributed by atoms with Crippen LogP contribution in [-0.2, 0) is 0 Å². The average molecular weight is 330 g/mol. The highest BCUT2D eigenvalue weighted by Crippen LogP contribution is 2.22. The zero-order chi connectivity index (χ0) is 16.2. The van der Waals surface area contributed by atoms with E-state index in [-0.39, 0.29) is 11.9 Å². The van der Waals surface area contributed by atoms with Crippen molar-refractivity contribution in [1.82, 2.24) is 5.32 Å². The van der Waals surface area contributed by atoms with Gasteiger partial charge in [0.2, 0.25) is 0 Å². The molecule has 2 N–H and O–H groups in total. The van der Waals surface area contributed by atoms with Gasteiger partial charge in [-0.3, -0.25) is 9.69 Å². The second kappa shape index (κ2) is 6.71. The number of amides is 3. The minimum atomic E-state index is -0.282. The van der Waals surface area contributed by atoms with Crippen molar-refractivity contribution in [2.45, 2.75) is 6.42 Å². The van der Waals surface area contributed by atoms with E-state index < -0.39 is 0 Å². The van der Waals surface area contributed by atoms with E-state index in [4.69, 9.17) is 11.6 Å². The molecule has 1 aliphatic heterocycles. The summed E-state index contributed by atoms with van der Waals surface area (Å²) in [5, 5.41) is 6.02. The smallest absolute Gasteiger partial charge is 0.321 e. The molecule has 2 aromatic rings. The number of rotatable bonds is 3. The van der Waals surface area contributed by atoms with Gasteiger partial charge in [-0.1, -0.05) is 29.8 Å². The third kappa shape index (κ3) is 3.46. The summed E-state index contributed by atoms with van der Waals surface area (Å²) in [6.07, 6.45) is 0.891. The topological polar surface area (TPSA) is 61.4 Å². The van der Waals surface area contributed by atoms with Crippen molar-refractivity contribution in [1.29, 1.82) is 0 Å². The van der Waals surface area contributed by atoms with E-state index in [1.165, 1.54) is 0 Å². The lowest BCUT2D eigenvalue weighted by Gasteiger charge is -2.27. The predicted molar refractivity (Wildman–Crippen MR) is 91.2 cm³/mol. The Morgan fingerprint density at radius 2 is 2.00 bits per heavy atom. The number of hydrogen-bond acceptors (Lipinski definition) is 2. The zero-order valence-electron chi connectivity index (χ0n) is 12.4. The van der Waals surface area contributed by atoms with Gasteiger partial charge in [0.25, 0.3) is 5.91 Å². The van der Waals surface area contributed by atoms with Gasteiger partial charge < -0.3 is 10.6 Å². The maximum absolute atomic E-state index is 12.3. The highest BCUT2D eigenvalue weighted by atomic mass is 35.5. The molecule has 0 aromatic heterocycles. The Kier molecular flexibility index (Phi) is 4.48. The summed E-state index contributed by atoms with van der Waals surface area (Å²) in [7, 11) is 0. The number of carbonyl (C=O) groups is 2. The molecule has 3 rings (SSSR count). The molecular formula is C17H16ClN3O2. The molecular weight excluding hydrogens is 314 g/mol. The number of carbonyl (C=O) groups excluding carboxylic acids is 2. The van der Waals surface area contributed by atoms with E-state index in [0.717, 1.165) is 12.1 Å². The maximum atomic E-state index is 12.3. The van der Waals surface area contributed by atoms with Crippen LogP contribution < -0.4 is 15.5 Å². The van der Waals surface area contributed by atoms with Gasteiger partial charge in [-0.25, -0.2) is 4.79 Å². The number of anilines is 2. The molecule has 2 aromatic carbocycles. The Morgan fingerprint density at radius 1 is 1.17 bits per heavy atom. The summed E-state index contributed by atoms with van der Waals surface area (Å²) in [4.78, 5) is 25.9. The average Bonchev–Trinajstić information content (AvgIpc) is 2.56. The van der Waals surface area contributed by atoms with Gasteiger partial charge in [-0.15, -0.1) is 0 Å². The van der Waals surface area contributed by atoms with Crippen LogP contribution in [0.2, 0.25) is 5.02 Å². The summed E-state index contributed by atoms with van der Waals surface area (Å²) in [5.41, 5.74) is 1.78. The molecule has 118 valence electrons. The Balaban J connectivity index is 1.79. The minimum Gasteiger partial charge on any atom is -0.338 e. The molecule has 0 saturated carbocycles. The van der Waals surface area contributed by atoms with Crippen molar-refractivity contribution in [3.63, 3.8) is 0 Å². The molecule has 0 radical (unpaired) electrons. The first-order valence-corrected chi connectivity index (χ1v) is 7.74. The fourth-order valence-corrected chi connectivity index (χ4v) is 2.69. The fraction of sp³-hybridized carbons (Fsp3) is 0.176. The largest absolute Gasteiger partial charge is 0.338 e. The maximum Gasteiger partial charge on any atom is 0.321 e. The van der Waals surface area contributed by atoms with Crippen LogP contribution in [0.25, 0.3) is 0 Å². The highest BCUT2D eigenvalue weighted by molar-refractivity contribution is 6.34. The lowest BCUT2D eigenvalue weighted by atomic mass is 10.2. The highest BCUT2D eigenvalue weighted by Gasteiger charge is 2.19. The van der Waals surface area contributed by atoms with E-state index >= 15 is 0 Å². The third-order valence-corrected chi connectivity index (χ3v) is 3.94. The quantitative estimate of drug-likeness (QED) is 0.905. The van der Waals surface area contributed by atoms with Gasteiger partial charge in [0, 0.05) is 24.5 Å². The minimum absolute atomic E-state index is 0.120. The van der Waals surface area contributed by atoms with Crippen LogP contribution in [0.1, 0.15) is 16.8 Å². The first-order valence-electron chi connectivity index (χ1n) is 7.36. The summed E-state index contributed by atoms with van der Waals surface area (Å²) in [6.45, 7) is 1.35. The van der Waals surface area contributed by atoms with Crippen molar-refractivity contribution in [3.05, 3.63) is 59.1 Å². The second-order valence-electron chi connectivity index (χ2n) is 5.22. The molecule has 0 bridgehead atoms. The summed E-state index contributed by atoms with van der Waals surface area (Å²) in [6, 6.07) is 14.0.